The van der Waals surface area contributed by atoms with Gasteiger partial charge in [0.05, 0.1) is 12.0 Å². The molecule has 0 saturated carbocycles. The molecule has 15 heavy (non-hydrogen) atoms. The number of carboxylic acid groups (broad SMARTS) is 1. The van der Waals surface area contributed by atoms with Crippen LogP contribution >= 0.6 is 0 Å². The molecule has 4 nitrogen and oxygen atoms in total. The van der Waals surface area contributed by atoms with Gasteiger partial charge in [-0.25, -0.2) is 0 Å². The summed E-state index contributed by atoms with van der Waals surface area (Å²) >= 11 is 0. The van der Waals surface area contributed by atoms with Gasteiger partial charge in [0.25, 0.3) is 0 Å². The summed E-state index contributed by atoms with van der Waals surface area (Å²) in [6.45, 7) is 0. The van der Waals surface area contributed by atoms with Gasteiger partial charge in [0.15, 0.2) is 0 Å². The fourth-order valence-corrected chi connectivity index (χ4v) is 1.14. The Labute approximate surface area is 110 Å². The van der Waals surface area contributed by atoms with E-state index in [1.165, 1.54) is 0 Å². The number of rotatable bonds is 5. The van der Waals surface area contributed by atoms with E-state index >= 15 is 0 Å². The Morgan fingerprint density at radius 3 is 2.47 bits per heavy atom. The van der Waals surface area contributed by atoms with E-state index in [1.54, 1.807) is 12.1 Å². The Balaban J connectivity index is 0.00000196. The molecule has 0 heterocycles. The van der Waals surface area contributed by atoms with Crippen molar-refractivity contribution in [2.75, 3.05) is 0 Å². The molecule has 1 atom stereocenters. The van der Waals surface area contributed by atoms with E-state index in [0.29, 0.717) is 6.41 Å². The predicted octanol–water partition coefficient (Wildman–Crippen LogP) is -3.90. The minimum Gasteiger partial charge on any atom is -0.548 e. The summed E-state index contributed by atoms with van der Waals surface area (Å²) in [4.78, 5) is 20.7. The maximum atomic E-state index is 10.6. The zero-order valence-corrected chi connectivity index (χ0v) is 10.5. The van der Waals surface area contributed by atoms with Crippen molar-refractivity contribution in [3.05, 3.63) is 35.9 Å². The van der Waals surface area contributed by atoms with E-state index < -0.39 is 12.0 Å². The van der Waals surface area contributed by atoms with Gasteiger partial charge in [-0.1, -0.05) is 30.3 Å². The SMILES string of the molecule is O=CN[C@@H](Cc1ccccc1)C(=O)[O-].[Na+]. The van der Waals surface area contributed by atoms with E-state index in [9.17, 15) is 14.7 Å². The summed E-state index contributed by atoms with van der Waals surface area (Å²) in [7, 11) is 0. The molecule has 1 aromatic carbocycles. The quantitative estimate of drug-likeness (QED) is 0.403. The third-order valence-corrected chi connectivity index (χ3v) is 1.84. The molecule has 0 aliphatic rings. The predicted molar refractivity (Wildman–Crippen MR) is 48.1 cm³/mol. The van der Waals surface area contributed by atoms with Crippen LogP contribution in [-0.2, 0) is 16.0 Å². The number of carbonyl (C=O) groups excluding carboxylic acids is 2. The van der Waals surface area contributed by atoms with Crippen molar-refractivity contribution < 1.29 is 44.3 Å². The number of nitrogens with one attached hydrogen (secondary N) is 1. The third-order valence-electron chi connectivity index (χ3n) is 1.84. The van der Waals surface area contributed by atoms with Crippen LogP contribution in [0.1, 0.15) is 5.56 Å². The molecule has 0 saturated heterocycles. The molecule has 1 amide bonds. The number of benzene rings is 1. The number of aliphatic carboxylic acids is 1. The molecule has 0 unspecified atom stereocenters. The van der Waals surface area contributed by atoms with E-state index in [4.69, 9.17) is 0 Å². The molecule has 0 bridgehead atoms. The molecule has 74 valence electrons. The third kappa shape index (κ3) is 4.97. The second-order valence-electron chi connectivity index (χ2n) is 2.85. The zero-order chi connectivity index (χ0) is 10.4. The zero-order valence-electron chi connectivity index (χ0n) is 8.47. The molecule has 1 rings (SSSR count). The Morgan fingerprint density at radius 2 is 2.00 bits per heavy atom. The van der Waals surface area contributed by atoms with Crippen molar-refractivity contribution in [1.82, 2.24) is 5.32 Å². The van der Waals surface area contributed by atoms with Gasteiger partial charge in [-0.15, -0.1) is 0 Å². The Bertz CT molecular complexity index is 316. The van der Waals surface area contributed by atoms with Gasteiger partial charge in [-0.05, 0) is 12.0 Å². The second-order valence-corrected chi connectivity index (χ2v) is 2.85. The van der Waals surface area contributed by atoms with Crippen LogP contribution in [0.3, 0.4) is 0 Å². The number of amides is 1. The minimum absolute atomic E-state index is 0. The first kappa shape index (κ1) is 14.2. The van der Waals surface area contributed by atoms with Crippen LogP contribution in [0, 0.1) is 0 Å². The van der Waals surface area contributed by atoms with Crippen molar-refractivity contribution in [2.45, 2.75) is 12.5 Å². The standard InChI is InChI=1S/C10H11NO3.Na/c12-7-11-9(10(13)14)6-8-4-2-1-3-5-8;/h1-5,7,9H,6H2,(H,11,12)(H,13,14);/q;+1/p-1/t9-;/m0./s1. The topological polar surface area (TPSA) is 69.2 Å². The van der Waals surface area contributed by atoms with Gasteiger partial charge in [-0.3, -0.25) is 4.79 Å². The van der Waals surface area contributed by atoms with E-state index in [-0.39, 0.29) is 36.0 Å². The maximum absolute atomic E-state index is 10.6. The smallest absolute Gasteiger partial charge is 0.548 e. The first-order chi connectivity index (χ1) is 6.74. The van der Waals surface area contributed by atoms with Crippen molar-refractivity contribution in [1.29, 1.82) is 0 Å². The second kappa shape index (κ2) is 7.45. The van der Waals surface area contributed by atoms with Crippen molar-refractivity contribution >= 4 is 12.4 Å². The van der Waals surface area contributed by atoms with Gasteiger partial charge in [0.1, 0.15) is 0 Å². The fourth-order valence-electron chi connectivity index (χ4n) is 1.14. The van der Waals surface area contributed by atoms with Gasteiger partial charge >= 0.3 is 29.6 Å². The number of hydrogen-bond donors (Lipinski definition) is 1. The summed E-state index contributed by atoms with van der Waals surface area (Å²) in [5.41, 5.74) is 0.844. The molecule has 0 radical (unpaired) electrons. The average molecular weight is 215 g/mol. The van der Waals surface area contributed by atoms with Gasteiger partial charge in [-0.2, -0.15) is 0 Å². The van der Waals surface area contributed by atoms with E-state index in [0.717, 1.165) is 5.56 Å². The molecular formula is C10H10NNaO3. The molecule has 0 aliphatic carbocycles. The summed E-state index contributed by atoms with van der Waals surface area (Å²) in [6.07, 6.45) is 0.603. The van der Waals surface area contributed by atoms with Gasteiger partial charge < -0.3 is 15.2 Å². The molecular weight excluding hydrogens is 205 g/mol. The van der Waals surface area contributed by atoms with Crippen LogP contribution < -0.4 is 40.0 Å². The first-order valence-electron chi connectivity index (χ1n) is 4.18. The fraction of sp³-hybridized carbons (Fsp3) is 0.200. The summed E-state index contributed by atoms with van der Waals surface area (Å²) in [5, 5.41) is 12.7. The van der Waals surface area contributed by atoms with Crippen molar-refractivity contribution in [3.63, 3.8) is 0 Å². The van der Waals surface area contributed by atoms with Crippen LogP contribution in [0.5, 0.6) is 0 Å². The van der Waals surface area contributed by atoms with Crippen molar-refractivity contribution in [2.24, 2.45) is 0 Å². The Hall–Kier alpha value is -0.840. The van der Waals surface area contributed by atoms with Crippen LogP contribution in [0.4, 0.5) is 0 Å². The van der Waals surface area contributed by atoms with Crippen molar-refractivity contribution in [3.8, 4) is 0 Å². The largest absolute Gasteiger partial charge is 1.00 e. The maximum Gasteiger partial charge on any atom is 1.00 e. The average Bonchev–Trinajstić information content (AvgIpc) is 2.18. The van der Waals surface area contributed by atoms with E-state index in [1.807, 2.05) is 18.2 Å². The van der Waals surface area contributed by atoms with Crippen LogP contribution in [0.25, 0.3) is 0 Å². The van der Waals surface area contributed by atoms with Crippen LogP contribution in [0.15, 0.2) is 30.3 Å². The van der Waals surface area contributed by atoms with E-state index in [2.05, 4.69) is 5.32 Å². The molecule has 0 aliphatic heterocycles. The molecule has 5 heteroatoms. The Kier molecular flexibility index (Phi) is 7.03. The summed E-state index contributed by atoms with van der Waals surface area (Å²) < 4.78 is 0. The molecule has 1 N–H and O–H groups in total. The number of carboxylic acids is 1. The van der Waals surface area contributed by atoms with Gasteiger partial charge in [0, 0.05) is 0 Å². The van der Waals surface area contributed by atoms with Crippen LogP contribution in [-0.4, -0.2) is 18.4 Å². The summed E-state index contributed by atoms with van der Waals surface area (Å²) in [6, 6.07) is 8.08. The molecule has 1 aromatic rings. The van der Waals surface area contributed by atoms with Gasteiger partial charge in [0.2, 0.25) is 6.41 Å². The molecule has 0 aromatic heterocycles. The number of carbonyl (C=O) groups is 2. The monoisotopic (exact) mass is 215 g/mol. The normalized spacial score (nSPS) is 10.9. The molecule has 0 spiro atoms. The number of hydrogen-bond acceptors (Lipinski definition) is 3. The first-order valence-corrected chi connectivity index (χ1v) is 4.18. The minimum atomic E-state index is -1.28. The summed E-state index contributed by atoms with van der Waals surface area (Å²) in [5.74, 6) is -1.28. The molecule has 0 fully saturated rings. The van der Waals surface area contributed by atoms with Crippen LogP contribution in [0.2, 0.25) is 0 Å². The Morgan fingerprint density at radius 1 is 1.40 bits per heavy atom.